The molecule has 0 unspecified atom stereocenters. The van der Waals surface area contributed by atoms with Crippen LogP contribution in [0.15, 0.2) is 36.4 Å². The molecule has 5 heteroatoms. The van der Waals surface area contributed by atoms with Crippen LogP contribution in [0.3, 0.4) is 0 Å². The minimum Gasteiger partial charge on any atom is -0.497 e. The Morgan fingerprint density at radius 1 is 0.826 bits per heavy atom. The Hall–Kier alpha value is -2.40. The van der Waals surface area contributed by atoms with Gasteiger partial charge in [0.05, 0.1) is 28.4 Å². The van der Waals surface area contributed by atoms with Crippen LogP contribution in [-0.2, 0) is 6.42 Å². The normalized spacial score (nSPS) is 11.7. The highest BCUT2D eigenvalue weighted by Crippen LogP contribution is 2.39. The summed E-state index contributed by atoms with van der Waals surface area (Å²) in [6.45, 7) is 0. The highest BCUT2D eigenvalue weighted by Gasteiger charge is 2.15. The Bertz CT molecular complexity index is 615. The van der Waals surface area contributed by atoms with Gasteiger partial charge in [0.2, 0.25) is 5.75 Å². The molecule has 0 aliphatic heterocycles. The summed E-state index contributed by atoms with van der Waals surface area (Å²) in [5.41, 5.74) is 8.38. The molecule has 0 aliphatic rings. The molecule has 2 aromatic rings. The van der Waals surface area contributed by atoms with E-state index in [4.69, 9.17) is 24.7 Å². The second kappa shape index (κ2) is 7.74. The Balaban J connectivity index is 2.24. The van der Waals surface area contributed by atoms with Gasteiger partial charge in [-0.05, 0) is 41.8 Å². The van der Waals surface area contributed by atoms with E-state index in [0.717, 1.165) is 16.9 Å². The van der Waals surface area contributed by atoms with Crippen molar-refractivity contribution in [3.8, 4) is 23.0 Å². The van der Waals surface area contributed by atoms with Crippen molar-refractivity contribution >= 4 is 0 Å². The number of rotatable bonds is 7. The molecule has 0 heterocycles. The van der Waals surface area contributed by atoms with Gasteiger partial charge in [-0.3, -0.25) is 0 Å². The van der Waals surface area contributed by atoms with Gasteiger partial charge in [-0.15, -0.1) is 0 Å². The van der Waals surface area contributed by atoms with Crippen molar-refractivity contribution in [1.29, 1.82) is 0 Å². The second-order valence-corrected chi connectivity index (χ2v) is 5.12. The molecule has 1 atom stereocenters. The van der Waals surface area contributed by atoms with E-state index >= 15 is 0 Å². The standard InChI is InChI=1S/C18H23NO4/c1-20-14-7-5-13(6-8-14)15(19)9-12-10-16(21-2)18(23-4)17(11-12)22-3/h5-8,10-11,15H,9,19H2,1-4H3/t15-/m1/s1. The van der Waals surface area contributed by atoms with Crippen molar-refractivity contribution in [2.45, 2.75) is 12.5 Å². The van der Waals surface area contributed by atoms with Crippen LogP contribution in [-0.4, -0.2) is 28.4 Å². The molecule has 0 fully saturated rings. The number of nitrogens with two attached hydrogens (primary N) is 1. The summed E-state index contributed by atoms with van der Waals surface area (Å²) in [5, 5.41) is 0. The first-order valence-corrected chi connectivity index (χ1v) is 7.31. The van der Waals surface area contributed by atoms with E-state index in [1.54, 1.807) is 28.4 Å². The maximum Gasteiger partial charge on any atom is 0.203 e. The molecule has 0 spiro atoms. The minimum absolute atomic E-state index is 0.135. The number of methoxy groups -OCH3 is 4. The summed E-state index contributed by atoms with van der Waals surface area (Å²) >= 11 is 0. The average molecular weight is 317 g/mol. The first-order valence-electron chi connectivity index (χ1n) is 7.31. The third-order valence-electron chi connectivity index (χ3n) is 3.72. The maximum atomic E-state index is 6.32. The molecular formula is C18H23NO4. The molecule has 2 N–H and O–H groups in total. The lowest BCUT2D eigenvalue weighted by molar-refractivity contribution is 0.323. The minimum atomic E-state index is -0.135. The summed E-state index contributed by atoms with van der Waals surface area (Å²) in [6.07, 6.45) is 0.656. The summed E-state index contributed by atoms with van der Waals surface area (Å²) < 4.78 is 21.2. The van der Waals surface area contributed by atoms with Gasteiger partial charge in [-0.1, -0.05) is 12.1 Å². The van der Waals surface area contributed by atoms with Crippen molar-refractivity contribution in [2.24, 2.45) is 5.73 Å². The van der Waals surface area contributed by atoms with E-state index in [0.29, 0.717) is 23.7 Å². The Labute approximate surface area is 136 Å². The zero-order valence-corrected chi connectivity index (χ0v) is 14.0. The fraction of sp³-hybridized carbons (Fsp3) is 0.333. The van der Waals surface area contributed by atoms with Crippen LogP contribution in [0.4, 0.5) is 0 Å². The van der Waals surface area contributed by atoms with Crippen LogP contribution in [0.25, 0.3) is 0 Å². The van der Waals surface area contributed by atoms with E-state index < -0.39 is 0 Å². The van der Waals surface area contributed by atoms with Gasteiger partial charge in [-0.25, -0.2) is 0 Å². The molecule has 5 nitrogen and oxygen atoms in total. The fourth-order valence-electron chi connectivity index (χ4n) is 2.48. The lowest BCUT2D eigenvalue weighted by Crippen LogP contribution is -2.13. The number of hydrogen-bond donors (Lipinski definition) is 1. The molecule has 23 heavy (non-hydrogen) atoms. The molecule has 2 aromatic carbocycles. The third kappa shape index (κ3) is 3.87. The SMILES string of the molecule is COc1ccc([C@H](N)Cc2cc(OC)c(OC)c(OC)c2)cc1. The third-order valence-corrected chi connectivity index (χ3v) is 3.72. The molecule has 2 rings (SSSR count). The zero-order chi connectivity index (χ0) is 16.8. The monoisotopic (exact) mass is 317 g/mol. The average Bonchev–Trinajstić information content (AvgIpc) is 2.60. The summed E-state index contributed by atoms with van der Waals surface area (Å²) in [4.78, 5) is 0. The van der Waals surface area contributed by atoms with Gasteiger partial charge >= 0.3 is 0 Å². The van der Waals surface area contributed by atoms with E-state index in [2.05, 4.69) is 0 Å². The van der Waals surface area contributed by atoms with Gasteiger partial charge in [-0.2, -0.15) is 0 Å². The van der Waals surface area contributed by atoms with Crippen LogP contribution in [0.5, 0.6) is 23.0 Å². The van der Waals surface area contributed by atoms with Crippen molar-refractivity contribution < 1.29 is 18.9 Å². The maximum absolute atomic E-state index is 6.32. The lowest BCUT2D eigenvalue weighted by atomic mass is 9.99. The molecule has 0 amide bonds. The van der Waals surface area contributed by atoms with Crippen LogP contribution in [0.1, 0.15) is 17.2 Å². The van der Waals surface area contributed by atoms with E-state index in [-0.39, 0.29) is 6.04 Å². The fourth-order valence-corrected chi connectivity index (χ4v) is 2.48. The molecule has 124 valence electrons. The summed E-state index contributed by atoms with van der Waals surface area (Å²) in [7, 11) is 6.43. The Kier molecular flexibility index (Phi) is 5.71. The van der Waals surface area contributed by atoms with Crippen LogP contribution in [0, 0.1) is 0 Å². The van der Waals surface area contributed by atoms with E-state index in [1.807, 2.05) is 36.4 Å². The lowest BCUT2D eigenvalue weighted by Gasteiger charge is -2.17. The van der Waals surface area contributed by atoms with Gasteiger partial charge in [0, 0.05) is 6.04 Å². The van der Waals surface area contributed by atoms with Crippen molar-refractivity contribution in [3.63, 3.8) is 0 Å². The van der Waals surface area contributed by atoms with Crippen LogP contribution < -0.4 is 24.7 Å². The first kappa shape index (κ1) is 17.0. The first-order chi connectivity index (χ1) is 11.1. The number of hydrogen-bond acceptors (Lipinski definition) is 5. The quantitative estimate of drug-likeness (QED) is 0.850. The van der Waals surface area contributed by atoms with Crippen molar-refractivity contribution in [3.05, 3.63) is 47.5 Å². The zero-order valence-electron chi connectivity index (χ0n) is 14.0. The second-order valence-electron chi connectivity index (χ2n) is 5.12. The van der Waals surface area contributed by atoms with Gasteiger partial charge in [0.15, 0.2) is 11.5 Å². The van der Waals surface area contributed by atoms with Crippen LogP contribution in [0.2, 0.25) is 0 Å². The highest BCUT2D eigenvalue weighted by molar-refractivity contribution is 5.54. The molecule has 0 aliphatic carbocycles. The highest BCUT2D eigenvalue weighted by atomic mass is 16.5. The topological polar surface area (TPSA) is 62.9 Å². The Morgan fingerprint density at radius 3 is 1.83 bits per heavy atom. The molecule has 0 radical (unpaired) electrons. The van der Waals surface area contributed by atoms with E-state index in [9.17, 15) is 0 Å². The summed E-state index contributed by atoms with van der Waals surface area (Å²) in [6, 6.07) is 11.5. The molecule has 0 bridgehead atoms. The smallest absolute Gasteiger partial charge is 0.203 e. The largest absolute Gasteiger partial charge is 0.497 e. The van der Waals surface area contributed by atoms with Gasteiger partial charge in [0.25, 0.3) is 0 Å². The molecule has 0 saturated carbocycles. The predicted molar refractivity (Wildman–Crippen MR) is 89.7 cm³/mol. The van der Waals surface area contributed by atoms with Crippen molar-refractivity contribution in [2.75, 3.05) is 28.4 Å². The van der Waals surface area contributed by atoms with Gasteiger partial charge < -0.3 is 24.7 Å². The van der Waals surface area contributed by atoms with Crippen molar-refractivity contribution in [1.82, 2.24) is 0 Å². The number of ether oxygens (including phenoxy) is 4. The van der Waals surface area contributed by atoms with Gasteiger partial charge in [0.1, 0.15) is 5.75 Å². The molecular weight excluding hydrogens is 294 g/mol. The number of benzene rings is 2. The molecule has 0 aromatic heterocycles. The van der Waals surface area contributed by atoms with E-state index in [1.165, 1.54) is 0 Å². The molecule has 0 saturated heterocycles. The predicted octanol–water partition coefficient (Wildman–Crippen LogP) is 2.96. The van der Waals surface area contributed by atoms with Crippen LogP contribution >= 0.6 is 0 Å². The summed E-state index contributed by atoms with van der Waals surface area (Å²) in [5.74, 6) is 2.65. The Morgan fingerprint density at radius 2 is 1.39 bits per heavy atom.